The molecule has 0 aromatic heterocycles. The van der Waals surface area contributed by atoms with Gasteiger partial charge in [-0.2, -0.15) is 0 Å². The van der Waals surface area contributed by atoms with Crippen LogP contribution in [0.5, 0.6) is 0 Å². The molecule has 0 bridgehead atoms. The van der Waals surface area contributed by atoms with Crippen LogP contribution in [0.1, 0.15) is 59.9 Å². The highest BCUT2D eigenvalue weighted by atomic mass is 19.1. The minimum atomic E-state index is -0.173. The molecule has 0 nitrogen and oxygen atoms in total. The van der Waals surface area contributed by atoms with E-state index in [1.807, 2.05) is 12.1 Å². The Morgan fingerprint density at radius 3 is 2.09 bits per heavy atom. The predicted molar refractivity (Wildman–Crippen MR) is 94.1 cm³/mol. The third-order valence-electron chi connectivity index (χ3n) is 4.62. The minimum absolute atomic E-state index is 0.173. The van der Waals surface area contributed by atoms with Gasteiger partial charge in [-0.25, -0.2) is 4.39 Å². The van der Waals surface area contributed by atoms with Gasteiger partial charge in [-0.15, -0.1) is 0 Å². The fourth-order valence-electron chi connectivity index (χ4n) is 2.94. The summed E-state index contributed by atoms with van der Waals surface area (Å²) in [6.07, 6.45) is 6.88. The molecule has 1 aliphatic carbocycles. The van der Waals surface area contributed by atoms with Crippen molar-refractivity contribution in [3.8, 4) is 0 Å². The fraction of sp³-hybridized carbons (Fsp3) is 0.524. The Labute approximate surface area is 135 Å². The van der Waals surface area contributed by atoms with Gasteiger partial charge in [0.05, 0.1) is 0 Å². The molecule has 22 heavy (non-hydrogen) atoms. The summed E-state index contributed by atoms with van der Waals surface area (Å²) in [6, 6.07) is 6.81. The van der Waals surface area contributed by atoms with Gasteiger partial charge in [0.15, 0.2) is 0 Å². The Balaban J connectivity index is 2.34. The van der Waals surface area contributed by atoms with Crippen molar-refractivity contribution >= 4 is 6.08 Å². The molecular weight excluding hydrogens is 271 g/mol. The van der Waals surface area contributed by atoms with Crippen molar-refractivity contribution < 1.29 is 4.39 Å². The van der Waals surface area contributed by atoms with Crippen LogP contribution in [-0.4, -0.2) is 0 Å². The molecule has 0 fully saturated rings. The third-order valence-corrected chi connectivity index (χ3v) is 4.62. The van der Waals surface area contributed by atoms with Gasteiger partial charge in [0, 0.05) is 0 Å². The third kappa shape index (κ3) is 4.32. The summed E-state index contributed by atoms with van der Waals surface area (Å²) in [5, 5.41) is 0. The maximum absolute atomic E-state index is 13.1. The highest BCUT2D eigenvalue weighted by molar-refractivity contribution is 5.54. The maximum atomic E-state index is 13.1. The van der Waals surface area contributed by atoms with E-state index in [1.165, 1.54) is 23.3 Å². The zero-order valence-electron chi connectivity index (χ0n) is 14.8. The van der Waals surface area contributed by atoms with Crippen LogP contribution in [0.3, 0.4) is 0 Å². The molecule has 2 rings (SSSR count). The van der Waals surface area contributed by atoms with E-state index in [-0.39, 0.29) is 16.6 Å². The van der Waals surface area contributed by atoms with Crippen molar-refractivity contribution in [2.45, 2.75) is 54.4 Å². The second kappa shape index (κ2) is 6.02. The summed E-state index contributed by atoms with van der Waals surface area (Å²) in [5.41, 5.74) is 4.54. The molecular formula is C21H29F. The van der Waals surface area contributed by atoms with Crippen LogP contribution in [0, 0.1) is 22.6 Å². The van der Waals surface area contributed by atoms with Gasteiger partial charge in [-0.1, -0.05) is 77.0 Å². The number of allylic oxidation sites excluding steroid dienone is 3. The first-order valence-corrected chi connectivity index (χ1v) is 8.22. The average Bonchev–Trinajstić information content (AvgIpc) is 2.39. The molecule has 0 saturated heterocycles. The lowest BCUT2D eigenvalue weighted by Gasteiger charge is -2.37. The first-order valence-electron chi connectivity index (χ1n) is 8.22. The van der Waals surface area contributed by atoms with E-state index in [0.717, 1.165) is 18.4 Å². The minimum Gasteiger partial charge on any atom is -0.207 e. The van der Waals surface area contributed by atoms with Crippen molar-refractivity contribution in [1.82, 2.24) is 0 Å². The van der Waals surface area contributed by atoms with Crippen LogP contribution in [0.4, 0.5) is 4.39 Å². The van der Waals surface area contributed by atoms with Crippen molar-refractivity contribution in [3.05, 3.63) is 52.9 Å². The molecule has 0 N–H and O–H groups in total. The SMILES string of the molecule is CC(C)(C)C1=CC(C(C)(C)C)CC(=Cc2ccc(F)cc2)C1. The predicted octanol–water partition coefficient (Wildman–Crippen LogP) is 6.64. The van der Waals surface area contributed by atoms with E-state index < -0.39 is 0 Å². The second-order valence-corrected chi connectivity index (χ2v) is 8.65. The number of hydrogen-bond acceptors (Lipinski definition) is 0. The largest absolute Gasteiger partial charge is 0.207 e. The maximum Gasteiger partial charge on any atom is 0.123 e. The van der Waals surface area contributed by atoms with Crippen LogP contribution in [-0.2, 0) is 0 Å². The first-order chi connectivity index (χ1) is 10.1. The normalized spacial score (nSPS) is 21.9. The lowest BCUT2D eigenvalue weighted by atomic mass is 9.68. The van der Waals surface area contributed by atoms with Gasteiger partial charge in [0.2, 0.25) is 0 Å². The van der Waals surface area contributed by atoms with Crippen molar-refractivity contribution in [1.29, 1.82) is 0 Å². The van der Waals surface area contributed by atoms with E-state index in [0.29, 0.717) is 5.92 Å². The molecule has 1 unspecified atom stereocenters. The van der Waals surface area contributed by atoms with E-state index in [1.54, 1.807) is 0 Å². The quantitative estimate of drug-likeness (QED) is 0.510. The van der Waals surface area contributed by atoms with Crippen LogP contribution < -0.4 is 0 Å². The van der Waals surface area contributed by atoms with Gasteiger partial charge in [0.25, 0.3) is 0 Å². The zero-order chi connectivity index (χ0) is 16.5. The molecule has 120 valence electrons. The summed E-state index contributed by atoms with van der Waals surface area (Å²) in [4.78, 5) is 0. The number of rotatable bonds is 1. The monoisotopic (exact) mass is 300 g/mol. The molecule has 0 spiro atoms. The standard InChI is InChI=1S/C21H29F/c1-20(2,3)17-12-16(13-18(14-17)21(4,5)6)11-15-7-9-19(22)10-8-15/h7-11,14,17H,12-13H2,1-6H3. The van der Waals surface area contributed by atoms with E-state index in [4.69, 9.17) is 0 Å². The Kier molecular flexibility index (Phi) is 4.65. The smallest absolute Gasteiger partial charge is 0.123 e. The molecule has 0 radical (unpaired) electrons. The molecule has 1 aliphatic rings. The van der Waals surface area contributed by atoms with Crippen LogP contribution in [0.15, 0.2) is 41.5 Å². The fourth-order valence-corrected chi connectivity index (χ4v) is 2.94. The molecule has 1 atom stereocenters. The number of benzene rings is 1. The van der Waals surface area contributed by atoms with E-state index >= 15 is 0 Å². The summed E-state index contributed by atoms with van der Waals surface area (Å²) >= 11 is 0. The Hall–Kier alpha value is -1.37. The molecule has 1 aromatic rings. The van der Waals surface area contributed by atoms with Crippen molar-refractivity contribution in [2.24, 2.45) is 16.7 Å². The van der Waals surface area contributed by atoms with Gasteiger partial charge in [-0.3, -0.25) is 0 Å². The summed E-state index contributed by atoms with van der Waals surface area (Å²) in [5.74, 6) is 0.385. The van der Waals surface area contributed by atoms with Crippen molar-refractivity contribution in [3.63, 3.8) is 0 Å². The lowest BCUT2D eigenvalue weighted by molar-refractivity contribution is 0.277. The lowest BCUT2D eigenvalue weighted by Crippen LogP contribution is -2.25. The van der Waals surface area contributed by atoms with E-state index in [2.05, 4.69) is 53.7 Å². The van der Waals surface area contributed by atoms with Gasteiger partial charge < -0.3 is 0 Å². The summed E-state index contributed by atoms with van der Waals surface area (Å²) < 4.78 is 13.1. The Morgan fingerprint density at radius 2 is 1.59 bits per heavy atom. The molecule has 0 heterocycles. The number of halogens is 1. The highest BCUT2D eigenvalue weighted by Gasteiger charge is 2.30. The van der Waals surface area contributed by atoms with Crippen LogP contribution in [0.25, 0.3) is 6.08 Å². The van der Waals surface area contributed by atoms with E-state index in [9.17, 15) is 4.39 Å². The second-order valence-electron chi connectivity index (χ2n) is 8.65. The van der Waals surface area contributed by atoms with Gasteiger partial charge in [-0.05, 0) is 47.3 Å². The zero-order valence-corrected chi connectivity index (χ0v) is 14.8. The average molecular weight is 300 g/mol. The summed E-state index contributed by atoms with van der Waals surface area (Å²) in [6.45, 7) is 13.8. The molecule has 1 heteroatoms. The van der Waals surface area contributed by atoms with Crippen molar-refractivity contribution in [2.75, 3.05) is 0 Å². The topological polar surface area (TPSA) is 0 Å². The molecule has 0 saturated carbocycles. The van der Waals surface area contributed by atoms with Gasteiger partial charge >= 0.3 is 0 Å². The van der Waals surface area contributed by atoms with Gasteiger partial charge in [0.1, 0.15) is 5.82 Å². The van der Waals surface area contributed by atoms with Crippen LogP contribution >= 0.6 is 0 Å². The molecule has 1 aromatic carbocycles. The van der Waals surface area contributed by atoms with Crippen LogP contribution in [0.2, 0.25) is 0 Å². The Morgan fingerprint density at radius 1 is 1.00 bits per heavy atom. The number of hydrogen-bond donors (Lipinski definition) is 0. The molecule has 0 aliphatic heterocycles. The highest BCUT2D eigenvalue weighted by Crippen LogP contribution is 2.44. The Bertz CT molecular complexity index is 574. The summed E-state index contributed by atoms with van der Waals surface area (Å²) in [7, 11) is 0. The first kappa shape index (κ1) is 17.0. The molecule has 0 amide bonds.